The topological polar surface area (TPSA) is 86.2 Å². The number of hydrogen-bond donors (Lipinski definition) is 1. The number of hydrogen-bond acceptors (Lipinski definition) is 6. The number of benzene rings is 4. The van der Waals surface area contributed by atoms with E-state index in [2.05, 4.69) is 10.5 Å². The van der Waals surface area contributed by atoms with Crippen LogP contribution in [-0.4, -0.2) is 31.8 Å². The van der Waals surface area contributed by atoms with E-state index < -0.39 is 11.9 Å². The summed E-state index contributed by atoms with van der Waals surface area (Å²) >= 11 is 12.1. The van der Waals surface area contributed by atoms with E-state index in [1.807, 2.05) is 30.3 Å². The van der Waals surface area contributed by atoms with Gasteiger partial charge in [0.25, 0.3) is 5.91 Å². The third-order valence-electron chi connectivity index (χ3n) is 5.10. The highest BCUT2D eigenvalue weighted by Gasteiger charge is 2.16. The molecule has 0 heterocycles. The lowest BCUT2D eigenvalue weighted by Crippen LogP contribution is -2.24. The average Bonchev–Trinajstić information content (AvgIpc) is 2.88. The molecule has 0 saturated carbocycles. The first-order chi connectivity index (χ1) is 17.5. The minimum absolute atomic E-state index is 0.166. The Kier molecular flexibility index (Phi) is 8.05. The number of hydrazone groups is 1. The molecule has 7 nitrogen and oxygen atoms in total. The number of halogens is 2. The molecule has 9 heteroatoms. The molecular formula is C27H20Cl2N2O5. The standard InChI is InChI=1S/C27H20Cl2N2O5/c1-34-24-8-4-5-9-25(24)35-16-26(32)31-30-15-21-19-7-3-2-6-17(19)10-13-23(21)36-27(33)20-12-11-18(28)14-22(20)29/h2-15H,16H2,1H3,(H,31,32)/b30-15-. The minimum atomic E-state index is -0.657. The number of ether oxygens (including phenoxy) is 3. The van der Waals surface area contributed by atoms with Crippen molar-refractivity contribution in [2.24, 2.45) is 5.10 Å². The zero-order valence-electron chi connectivity index (χ0n) is 19.0. The summed E-state index contributed by atoms with van der Waals surface area (Å²) in [5.41, 5.74) is 3.08. The summed E-state index contributed by atoms with van der Waals surface area (Å²) in [4.78, 5) is 25.1. The fraction of sp³-hybridized carbons (Fsp3) is 0.0741. The van der Waals surface area contributed by atoms with Crippen LogP contribution in [0.1, 0.15) is 15.9 Å². The van der Waals surface area contributed by atoms with E-state index in [-0.39, 0.29) is 22.9 Å². The van der Waals surface area contributed by atoms with Gasteiger partial charge in [-0.15, -0.1) is 0 Å². The van der Waals surface area contributed by atoms with Crippen molar-refractivity contribution in [3.05, 3.63) is 100 Å². The lowest BCUT2D eigenvalue weighted by Gasteiger charge is -2.11. The molecule has 4 aromatic rings. The number of rotatable bonds is 8. The van der Waals surface area contributed by atoms with Gasteiger partial charge in [-0.3, -0.25) is 4.79 Å². The second kappa shape index (κ2) is 11.6. The van der Waals surface area contributed by atoms with Crippen molar-refractivity contribution < 1.29 is 23.8 Å². The van der Waals surface area contributed by atoms with Crippen molar-refractivity contribution in [3.8, 4) is 17.2 Å². The quantitative estimate of drug-likeness (QED) is 0.135. The Bertz CT molecular complexity index is 1460. The van der Waals surface area contributed by atoms with Crippen molar-refractivity contribution in [3.63, 3.8) is 0 Å². The SMILES string of the molecule is COc1ccccc1OCC(=O)N/N=C\c1c(OC(=O)c2ccc(Cl)cc2Cl)ccc2ccccc12. The third-order valence-corrected chi connectivity index (χ3v) is 5.64. The van der Waals surface area contributed by atoms with Crippen LogP contribution in [0, 0.1) is 0 Å². The molecule has 0 bridgehead atoms. The molecule has 182 valence electrons. The molecule has 36 heavy (non-hydrogen) atoms. The molecule has 0 unspecified atom stereocenters. The number of carbonyl (C=O) groups excluding carboxylic acids is 2. The summed E-state index contributed by atoms with van der Waals surface area (Å²) < 4.78 is 16.4. The average molecular weight is 523 g/mol. The van der Waals surface area contributed by atoms with E-state index in [1.165, 1.54) is 25.5 Å². The van der Waals surface area contributed by atoms with Crippen molar-refractivity contribution in [2.75, 3.05) is 13.7 Å². The minimum Gasteiger partial charge on any atom is -0.493 e. The summed E-state index contributed by atoms with van der Waals surface area (Å²) in [6, 6.07) is 22.5. The summed E-state index contributed by atoms with van der Waals surface area (Å²) in [6.07, 6.45) is 1.41. The van der Waals surface area contributed by atoms with Crippen LogP contribution >= 0.6 is 23.2 Å². The van der Waals surface area contributed by atoms with Crippen molar-refractivity contribution in [1.82, 2.24) is 5.43 Å². The van der Waals surface area contributed by atoms with Gasteiger partial charge >= 0.3 is 5.97 Å². The maximum absolute atomic E-state index is 12.8. The number of methoxy groups -OCH3 is 1. The molecule has 1 amide bonds. The maximum Gasteiger partial charge on any atom is 0.345 e. The Morgan fingerprint density at radius 2 is 1.67 bits per heavy atom. The normalized spacial score (nSPS) is 10.9. The lowest BCUT2D eigenvalue weighted by atomic mass is 10.0. The molecule has 0 aliphatic rings. The highest BCUT2D eigenvalue weighted by Crippen LogP contribution is 2.29. The maximum atomic E-state index is 12.8. The largest absolute Gasteiger partial charge is 0.493 e. The van der Waals surface area contributed by atoms with Crippen LogP contribution in [0.2, 0.25) is 10.0 Å². The second-order valence-corrected chi connectivity index (χ2v) is 8.29. The highest BCUT2D eigenvalue weighted by atomic mass is 35.5. The smallest absolute Gasteiger partial charge is 0.345 e. The molecule has 0 atom stereocenters. The number of nitrogens with zero attached hydrogens (tertiary/aromatic N) is 1. The number of esters is 1. The second-order valence-electron chi connectivity index (χ2n) is 7.44. The van der Waals surface area contributed by atoms with Crippen LogP contribution in [0.5, 0.6) is 17.2 Å². The number of fused-ring (bicyclic) bond motifs is 1. The number of nitrogens with one attached hydrogen (secondary N) is 1. The van der Waals surface area contributed by atoms with E-state index in [1.54, 1.807) is 36.4 Å². The number of carbonyl (C=O) groups is 2. The van der Waals surface area contributed by atoms with E-state index in [9.17, 15) is 9.59 Å². The van der Waals surface area contributed by atoms with Crippen LogP contribution in [-0.2, 0) is 4.79 Å². The van der Waals surface area contributed by atoms with Gasteiger partial charge in [-0.2, -0.15) is 5.10 Å². The fourth-order valence-electron chi connectivity index (χ4n) is 3.39. The van der Waals surface area contributed by atoms with Crippen LogP contribution in [0.4, 0.5) is 0 Å². The zero-order valence-corrected chi connectivity index (χ0v) is 20.5. The summed E-state index contributed by atoms with van der Waals surface area (Å²) in [5, 5.41) is 6.29. The Labute approximate surface area is 217 Å². The molecular weight excluding hydrogens is 503 g/mol. The monoisotopic (exact) mass is 522 g/mol. The molecule has 1 N–H and O–H groups in total. The molecule has 4 rings (SSSR count). The summed E-state index contributed by atoms with van der Waals surface area (Å²) in [6.45, 7) is -0.274. The van der Waals surface area contributed by atoms with Crippen LogP contribution in [0.15, 0.2) is 84.0 Å². The Balaban J connectivity index is 1.52. The summed E-state index contributed by atoms with van der Waals surface area (Å²) in [7, 11) is 1.52. The first-order valence-corrected chi connectivity index (χ1v) is 11.5. The Morgan fingerprint density at radius 3 is 2.44 bits per heavy atom. The molecule has 0 fully saturated rings. The van der Waals surface area contributed by atoms with Gasteiger partial charge in [0.15, 0.2) is 18.1 Å². The molecule has 0 saturated heterocycles. The van der Waals surface area contributed by atoms with Crippen molar-refractivity contribution in [2.45, 2.75) is 0 Å². The van der Waals surface area contributed by atoms with Gasteiger partial charge in [-0.25, -0.2) is 10.2 Å². The molecule has 0 aliphatic carbocycles. The number of amides is 1. The predicted octanol–water partition coefficient (Wildman–Crippen LogP) is 5.90. The van der Waals surface area contributed by atoms with E-state index in [0.29, 0.717) is 22.1 Å². The fourth-order valence-corrected chi connectivity index (χ4v) is 3.88. The van der Waals surface area contributed by atoms with Gasteiger partial charge < -0.3 is 14.2 Å². The van der Waals surface area contributed by atoms with Gasteiger partial charge in [0, 0.05) is 10.6 Å². The van der Waals surface area contributed by atoms with E-state index >= 15 is 0 Å². The van der Waals surface area contributed by atoms with Gasteiger partial charge in [0.05, 0.1) is 23.9 Å². The van der Waals surface area contributed by atoms with Gasteiger partial charge in [-0.05, 0) is 47.2 Å². The number of para-hydroxylation sites is 2. The molecule has 0 radical (unpaired) electrons. The summed E-state index contributed by atoms with van der Waals surface area (Å²) in [5.74, 6) is 0.0489. The molecule has 4 aromatic carbocycles. The van der Waals surface area contributed by atoms with Crippen molar-refractivity contribution >= 4 is 52.1 Å². The third kappa shape index (κ3) is 5.94. The van der Waals surface area contributed by atoms with Gasteiger partial charge in [0.1, 0.15) is 5.75 Å². The first-order valence-electron chi connectivity index (χ1n) is 10.7. The Morgan fingerprint density at radius 1 is 0.917 bits per heavy atom. The molecule has 0 spiro atoms. The van der Waals surface area contributed by atoms with E-state index in [4.69, 9.17) is 37.4 Å². The van der Waals surface area contributed by atoms with Crippen LogP contribution < -0.4 is 19.6 Å². The van der Waals surface area contributed by atoms with E-state index in [0.717, 1.165) is 10.8 Å². The first kappa shape index (κ1) is 25.0. The predicted molar refractivity (Wildman–Crippen MR) is 140 cm³/mol. The lowest BCUT2D eigenvalue weighted by molar-refractivity contribution is -0.123. The Hall–Kier alpha value is -4.07. The van der Waals surface area contributed by atoms with Crippen LogP contribution in [0.25, 0.3) is 10.8 Å². The zero-order chi connectivity index (χ0) is 25.5. The molecule has 0 aliphatic heterocycles. The van der Waals surface area contributed by atoms with Gasteiger partial charge in [-0.1, -0.05) is 65.7 Å². The van der Waals surface area contributed by atoms with Crippen molar-refractivity contribution in [1.29, 1.82) is 0 Å². The van der Waals surface area contributed by atoms with Gasteiger partial charge in [0.2, 0.25) is 0 Å². The highest BCUT2D eigenvalue weighted by molar-refractivity contribution is 6.36. The van der Waals surface area contributed by atoms with Crippen LogP contribution in [0.3, 0.4) is 0 Å². The molecule has 0 aromatic heterocycles.